The molecular weight excluding hydrogens is 371 g/mol. The lowest BCUT2D eigenvalue weighted by Crippen LogP contribution is -2.40. The number of benzene rings is 1. The zero-order valence-electron chi connectivity index (χ0n) is 14.8. The number of aromatic nitrogens is 1. The molecule has 1 amide bonds. The third kappa shape index (κ3) is 5.59. The van der Waals surface area contributed by atoms with Gasteiger partial charge in [-0.3, -0.25) is 4.79 Å². The second-order valence-electron chi connectivity index (χ2n) is 6.38. The van der Waals surface area contributed by atoms with Crippen LogP contribution in [0.4, 0.5) is 11.5 Å². The van der Waals surface area contributed by atoms with E-state index in [1.54, 1.807) is 6.20 Å². The topological polar surface area (TPSA) is 71.2 Å². The lowest BCUT2D eigenvalue weighted by atomic mass is 9.92. The Hall–Kier alpha value is -1.82. The molecule has 7 heteroatoms. The first-order valence-electron chi connectivity index (χ1n) is 8.45. The minimum absolute atomic E-state index is 0. The molecule has 0 saturated heterocycles. The highest BCUT2D eigenvalue weighted by molar-refractivity contribution is 5.94. The fourth-order valence-electron chi connectivity index (χ4n) is 3.03. The number of amides is 1. The van der Waals surface area contributed by atoms with Crippen LogP contribution in [0.2, 0.25) is 0 Å². The molecule has 3 rings (SSSR count). The van der Waals surface area contributed by atoms with E-state index in [0.717, 1.165) is 37.2 Å². The highest BCUT2D eigenvalue weighted by atomic mass is 35.5. The number of carbonyl (C=O) groups is 1. The molecule has 0 bridgehead atoms. The van der Waals surface area contributed by atoms with Gasteiger partial charge in [0.05, 0.1) is 5.56 Å². The first-order chi connectivity index (χ1) is 11.6. The number of para-hydroxylation sites is 1. The monoisotopic (exact) mass is 396 g/mol. The maximum atomic E-state index is 12.3. The predicted molar refractivity (Wildman–Crippen MR) is 111 cm³/mol. The van der Waals surface area contributed by atoms with E-state index >= 15 is 0 Å². The van der Waals surface area contributed by atoms with Crippen LogP contribution in [0.25, 0.3) is 0 Å². The van der Waals surface area contributed by atoms with E-state index in [1.165, 1.54) is 0 Å². The molecule has 2 aromatic rings. The van der Waals surface area contributed by atoms with Crippen molar-refractivity contribution in [1.29, 1.82) is 0 Å². The van der Waals surface area contributed by atoms with E-state index in [0.29, 0.717) is 5.56 Å². The smallest absolute Gasteiger partial charge is 0.253 e. The Bertz CT molecular complexity index is 674. The van der Waals surface area contributed by atoms with Gasteiger partial charge in [0.15, 0.2) is 0 Å². The third-order valence-corrected chi connectivity index (χ3v) is 4.60. The van der Waals surface area contributed by atoms with Crippen molar-refractivity contribution >= 4 is 42.2 Å². The lowest BCUT2D eigenvalue weighted by molar-refractivity contribution is 0.0925. The molecule has 3 N–H and O–H groups in total. The van der Waals surface area contributed by atoms with Gasteiger partial charge in [-0.25, -0.2) is 4.98 Å². The van der Waals surface area contributed by atoms with Gasteiger partial charge < -0.3 is 16.0 Å². The van der Waals surface area contributed by atoms with E-state index in [9.17, 15) is 4.79 Å². The zero-order valence-corrected chi connectivity index (χ0v) is 16.4. The summed E-state index contributed by atoms with van der Waals surface area (Å²) in [6.07, 6.45) is 5.50. The quantitative estimate of drug-likeness (QED) is 0.826. The van der Waals surface area contributed by atoms with E-state index in [1.807, 2.05) is 54.4 Å². The van der Waals surface area contributed by atoms with Crippen LogP contribution < -0.4 is 16.0 Å². The number of hydrogen-bond donors (Lipinski definition) is 2. The fourth-order valence-corrected chi connectivity index (χ4v) is 3.03. The molecule has 5 nitrogen and oxygen atoms in total. The van der Waals surface area contributed by atoms with Crippen molar-refractivity contribution < 1.29 is 4.79 Å². The van der Waals surface area contributed by atoms with Gasteiger partial charge in [-0.05, 0) is 49.9 Å². The number of nitrogens with zero attached hydrogens (tertiary/aromatic N) is 2. The number of carbonyl (C=O) groups excluding carboxylic acids is 1. The molecule has 1 fully saturated rings. The Kier molecular flexibility index (Phi) is 8.85. The summed E-state index contributed by atoms with van der Waals surface area (Å²) >= 11 is 0. The Morgan fingerprint density at radius 1 is 1.08 bits per heavy atom. The number of rotatable bonds is 4. The molecule has 1 aromatic heterocycles. The molecule has 1 heterocycles. The van der Waals surface area contributed by atoms with Crippen molar-refractivity contribution in [3.8, 4) is 0 Å². The zero-order chi connectivity index (χ0) is 16.9. The number of nitrogens with two attached hydrogens (primary N) is 1. The van der Waals surface area contributed by atoms with Gasteiger partial charge in [0.2, 0.25) is 0 Å². The standard InChI is InChI=1S/C19H24N4O.2ClH/c1-23(17-5-3-2-4-6-17)18-12-7-14(13-21-18)19(24)22-16-10-8-15(20)9-11-16;;/h2-7,12-13,15-16H,8-11,20H2,1H3,(H,22,24);2*1H. The summed E-state index contributed by atoms with van der Waals surface area (Å²) < 4.78 is 0. The maximum Gasteiger partial charge on any atom is 0.253 e. The first-order valence-corrected chi connectivity index (χ1v) is 8.45. The van der Waals surface area contributed by atoms with Gasteiger partial charge in [-0.15, -0.1) is 24.8 Å². The summed E-state index contributed by atoms with van der Waals surface area (Å²) in [5.74, 6) is 0.748. The summed E-state index contributed by atoms with van der Waals surface area (Å²) in [6.45, 7) is 0. The normalized spacial score (nSPS) is 18.8. The molecule has 1 aliphatic carbocycles. The number of halogens is 2. The number of anilines is 2. The largest absolute Gasteiger partial charge is 0.349 e. The second-order valence-corrected chi connectivity index (χ2v) is 6.38. The highest BCUT2D eigenvalue weighted by Gasteiger charge is 2.20. The van der Waals surface area contributed by atoms with Crippen LogP contribution in [0.1, 0.15) is 36.0 Å². The SMILES string of the molecule is CN(c1ccccc1)c1ccc(C(=O)NC2CCC(N)CC2)cn1.Cl.Cl. The average molecular weight is 397 g/mol. The van der Waals surface area contributed by atoms with Crippen LogP contribution in [-0.4, -0.2) is 30.0 Å². The van der Waals surface area contributed by atoms with Gasteiger partial charge in [-0.2, -0.15) is 0 Å². The van der Waals surface area contributed by atoms with Crippen molar-refractivity contribution in [2.45, 2.75) is 37.8 Å². The molecule has 1 aromatic carbocycles. The van der Waals surface area contributed by atoms with Gasteiger partial charge in [0.1, 0.15) is 5.82 Å². The average Bonchev–Trinajstić information content (AvgIpc) is 2.64. The molecule has 142 valence electrons. The summed E-state index contributed by atoms with van der Waals surface area (Å²) in [5, 5.41) is 3.09. The summed E-state index contributed by atoms with van der Waals surface area (Å²) in [4.78, 5) is 18.8. The minimum atomic E-state index is -0.0584. The van der Waals surface area contributed by atoms with E-state index < -0.39 is 0 Å². The van der Waals surface area contributed by atoms with Crippen LogP contribution in [0.5, 0.6) is 0 Å². The molecule has 1 saturated carbocycles. The Labute approximate surface area is 167 Å². The van der Waals surface area contributed by atoms with Crippen molar-refractivity contribution in [3.63, 3.8) is 0 Å². The number of nitrogens with one attached hydrogen (secondary N) is 1. The summed E-state index contributed by atoms with van der Waals surface area (Å²) in [5.41, 5.74) is 7.55. The van der Waals surface area contributed by atoms with Gasteiger partial charge in [0.25, 0.3) is 5.91 Å². The van der Waals surface area contributed by atoms with E-state index in [4.69, 9.17) is 5.73 Å². The lowest BCUT2D eigenvalue weighted by Gasteiger charge is -2.26. The van der Waals surface area contributed by atoms with Crippen LogP contribution in [0, 0.1) is 0 Å². The molecule has 0 spiro atoms. The van der Waals surface area contributed by atoms with Crippen LogP contribution >= 0.6 is 24.8 Å². The third-order valence-electron chi connectivity index (χ3n) is 4.60. The Balaban J connectivity index is 0.00000169. The van der Waals surface area contributed by atoms with Gasteiger partial charge in [0, 0.05) is 31.0 Å². The maximum absolute atomic E-state index is 12.3. The molecule has 26 heavy (non-hydrogen) atoms. The van der Waals surface area contributed by atoms with Crippen molar-refractivity contribution in [2.24, 2.45) is 5.73 Å². The summed E-state index contributed by atoms with van der Waals surface area (Å²) in [6, 6.07) is 14.2. The van der Waals surface area contributed by atoms with Crippen LogP contribution in [-0.2, 0) is 0 Å². The van der Waals surface area contributed by atoms with Crippen molar-refractivity contribution in [1.82, 2.24) is 10.3 Å². The first kappa shape index (κ1) is 22.2. The highest BCUT2D eigenvalue weighted by Crippen LogP contribution is 2.21. The van der Waals surface area contributed by atoms with E-state index in [-0.39, 0.29) is 42.8 Å². The van der Waals surface area contributed by atoms with Crippen LogP contribution in [0.3, 0.4) is 0 Å². The predicted octanol–water partition coefficient (Wildman–Crippen LogP) is 3.69. The number of pyridine rings is 1. The molecule has 0 atom stereocenters. The molecule has 0 aliphatic heterocycles. The summed E-state index contributed by atoms with van der Waals surface area (Å²) in [7, 11) is 1.96. The Morgan fingerprint density at radius 3 is 2.31 bits per heavy atom. The van der Waals surface area contributed by atoms with Gasteiger partial charge in [-0.1, -0.05) is 18.2 Å². The second kappa shape index (κ2) is 10.4. The van der Waals surface area contributed by atoms with E-state index in [2.05, 4.69) is 10.3 Å². The molecule has 0 radical (unpaired) electrons. The minimum Gasteiger partial charge on any atom is -0.349 e. The Morgan fingerprint density at radius 2 is 1.73 bits per heavy atom. The van der Waals surface area contributed by atoms with Crippen molar-refractivity contribution in [3.05, 3.63) is 54.2 Å². The molecular formula is C19H26Cl2N4O. The molecule has 1 aliphatic rings. The van der Waals surface area contributed by atoms with Gasteiger partial charge >= 0.3 is 0 Å². The fraction of sp³-hybridized carbons (Fsp3) is 0.368. The van der Waals surface area contributed by atoms with Crippen LogP contribution in [0.15, 0.2) is 48.7 Å². The van der Waals surface area contributed by atoms with Crippen molar-refractivity contribution in [2.75, 3.05) is 11.9 Å². The molecule has 0 unspecified atom stereocenters. The number of hydrogen-bond acceptors (Lipinski definition) is 4.